The first-order valence-electron chi connectivity index (χ1n) is 8.09. The van der Waals surface area contributed by atoms with E-state index in [1.54, 1.807) is 0 Å². The minimum absolute atomic E-state index is 0.145. The van der Waals surface area contributed by atoms with Gasteiger partial charge in [-0.05, 0) is 66.6 Å². The van der Waals surface area contributed by atoms with Crippen molar-refractivity contribution in [2.24, 2.45) is 5.73 Å². The first kappa shape index (κ1) is 23.2. The molecule has 0 radical (unpaired) electrons. The van der Waals surface area contributed by atoms with Crippen molar-refractivity contribution in [1.29, 1.82) is 0 Å². The lowest BCUT2D eigenvalue weighted by atomic mass is 10.2. The second-order valence-corrected chi connectivity index (χ2v) is 6.32. The van der Waals surface area contributed by atoms with Crippen molar-refractivity contribution in [3.8, 4) is 5.75 Å². The minimum Gasteiger partial charge on any atom is -0.508 e. The monoisotopic (exact) mass is 463 g/mol. The van der Waals surface area contributed by atoms with Gasteiger partial charge in [0.15, 0.2) is 0 Å². The molecule has 1 aromatic carbocycles. The van der Waals surface area contributed by atoms with Crippen molar-refractivity contribution in [2.75, 3.05) is 6.61 Å². The van der Waals surface area contributed by atoms with E-state index in [9.17, 15) is 9.59 Å². The van der Waals surface area contributed by atoms with Crippen LogP contribution in [0.15, 0.2) is 33.9 Å². The molecule has 25 heavy (non-hydrogen) atoms. The fourth-order valence-corrected chi connectivity index (χ4v) is 2.16. The van der Waals surface area contributed by atoms with Crippen LogP contribution in [0.1, 0.15) is 50.4 Å². The quantitative estimate of drug-likeness (QED) is 0.457. The predicted octanol–water partition coefficient (Wildman–Crippen LogP) is 4.55. The van der Waals surface area contributed by atoms with Gasteiger partial charge in [-0.2, -0.15) is 0 Å². The molecule has 0 fully saturated rings. The average Bonchev–Trinajstić information content (AvgIpc) is 2.59. The molecular formula is C18H26INO5. The Labute approximate surface area is 162 Å². The maximum absolute atomic E-state index is 11.2. The normalized spacial score (nSPS) is 11.8. The van der Waals surface area contributed by atoms with Gasteiger partial charge in [-0.1, -0.05) is 26.3 Å². The fraction of sp³-hybridized carbons (Fsp3) is 0.444. The molecule has 140 valence electrons. The zero-order valence-corrected chi connectivity index (χ0v) is 17.0. The Balaban J connectivity index is 0.000000463. The first-order chi connectivity index (χ1) is 11.8. The van der Waals surface area contributed by atoms with Gasteiger partial charge in [0, 0.05) is 3.58 Å². The molecule has 1 unspecified atom stereocenters. The number of halogens is 1. The molecule has 6 nitrogen and oxygen atoms in total. The van der Waals surface area contributed by atoms with Crippen LogP contribution in [-0.2, 0) is 9.47 Å². The van der Waals surface area contributed by atoms with Crippen LogP contribution in [0.2, 0.25) is 0 Å². The number of phenols is 1. The Morgan fingerprint density at radius 2 is 1.84 bits per heavy atom. The molecule has 0 spiro atoms. The Kier molecular flexibility index (Phi) is 12.6. The summed E-state index contributed by atoms with van der Waals surface area (Å²) in [6, 6.07) is 5.99. The number of rotatable bonds is 7. The van der Waals surface area contributed by atoms with Crippen molar-refractivity contribution in [2.45, 2.75) is 46.1 Å². The van der Waals surface area contributed by atoms with Gasteiger partial charge >= 0.3 is 12.1 Å². The second kappa shape index (κ2) is 13.5. The lowest BCUT2D eigenvalue weighted by Crippen LogP contribution is -2.22. The number of allylic oxidation sites excluding steroid dienone is 1. The molecule has 0 saturated heterocycles. The second-order valence-electron chi connectivity index (χ2n) is 5.07. The largest absolute Gasteiger partial charge is 0.508 e. The summed E-state index contributed by atoms with van der Waals surface area (Å²) in [5, 5.41) is 8.96. The van der Waals surface area contributed by atoms with Gasteiger partial charge in [0.25, 0.3) is 0 Å². The number of carbonyl (C=O) groups is 2. The van der Waals surface area contributed by atoms with Crippen molar-refractivity contribution in [3.63, 3.8) is 0 Å². The summed E-state index contributed by atoms with van der Waals surface area (Å²) >= 11 is 2.15. The summed E-state index contributed by atoms with van der Waals surface area (Å²) in [6.45, 7) is 6.32. The Hall–Kier alpha value is -1.77. The van der Waals surface area contributed by atoms with Gasteiger partial charge in [0.1, 0.15) is 11.9 Å². The minimum atomic E-state index is -0.704. The number of phenolic OH excluding ortho intramolecular Hbond substituents is 1. The molecule has 1 rings (SSSR count). The van der Waals surface area contributed by atoms with Crippen LogP contribution in [0.4, 0.5) is 4.79 Å². The van der Waals surface area contributed by atoms with Crippen LogP contribution in [0.25, 0.3) is 0 Å². The van der Waals surface area contributed by atoms with Gasteiger partial charge in [-0.15, -0.1) is 0 Å². The molecule has 7 heteroatoms. The van der Waals surface area contributed by atoms with E-state index >= 15 is 0 Å². The maximum Gasteiger partial charge on any atom is 0.405 e. The number of hydrogen-bond donors (Lipinski definition) is 2. The molecule has 0 aliphatic rings. The molecule has 0 aliphatic carbocycles. The molecule has 0 aliphatic heterocycles. The van der Waals surface area contributed by atoms with Crippen LogP contribution in [0.5, 0.6) is 5.75 Å². The van der Waals surface area contributed by atoms with Crippen LogP contribution < -0.4 is 5.73 Å². The smallest absolute Gasteiger partial charge is 0.405 e. The van der Waals surface area contributed by atoms with Crippen molar-refractivity contribution in [1.82, 2.24) is 0 Å². The number of hydrogen-bond acceptors (Lipinski definition) is 5. The molecule has 0 saturated carbocycles. The number of primary amides is 1. The van der Waals surface area contributed by atoms with E-state index in [2.05, 4.69) is 22.6 Å². The average molecular weight is 463 g/mol. The van der Waals surface area contributed by atoms with E-state index in [0.29, 0.717) is 12.2 Å². The number of carbonyl (C=O) groups excluding carboxylic acids is 2. The number of aromatic hydroxyl groups is 1. The zero-order chi connectivity index (χ0) is 19.2. The topological polar surface area (TPSA) is 98.9 Å². The van der Waals surface area contributed by atoms with Gasteiger partial charge in [-0.3, -0.25) is 0 Å². The molecule has 1 amide bonds. The molecule has 1 atom stereocenters. The lowest BCUT2D eigenvalue weighted by Gasteiger charge is -2.14. The lowest BCUT2D eigenvalue weighted by molar-refractivity contribution is 0.0505. The summed E-state index contributed by atoms with van der Waals surface area (Å²) in [5.74, 6) is -0.200. The third-order valence-corrected chi connectivity index (χ3v) is 4.25. The highest BCUT2D eigenvalue weighted by Crippen LogP contribution is 2.19. The SMILES string of the molecule is C/C=C(/I)C(CCC)OC(N)=O.CCCOC(=O)c1ccc(O)cc1. The Morgan fingerprint density at radius 3 is 2.28 bits per heavy atom. The third kappa shape index (κ3) is 10.6. The molecule has 3 N–H and O–H groups in total. The number of nitrogens with two attached hydrogens (primary N) is 1. The van der Waals surface area contributed by atoms with Crippen molar-refractivity contribution < 1.29 is 24.2 Å². The summed E-state index contributed by atoms with van der Waals surface area (Å²) in [5.41, 5.74) is 5.39. The van der Waals surface area contributed by atoms with Crippen molar-refractivity contribution >= 4 is 34.7 Å². The third-order valence-electron chi connectivity index (χ3n) is 2.93. The number of ether oxygens (including phenoxy) is 2. The molecule has 0 heterocycles. The van der Waals surface area contributed by atoms with Crippen LogP contribution >= 0.6 is 22.6 Å². The van der Waals surface area contributed by atoms with Crippen LogP contribution in [0, 0.1) is 0 Å². The van der Waals surface area contributed by atoms with E-state index in [1.165, 1.54) is 24.3 Å². The molecule has 1 aromatic rings. The first-order valence-corrected chi connectivity index (χ1v) is 9.17. The highest BCUT2D eigenvalue weighted by Gasteiger charge is 2.13. The molecule has 0 bridgehead atoms. The van der Waals surface area contributed by atoms with Crippen LogP contribution in [0.3, 0.4) is 0 Å². The van der Waals surface area contributed by atoms with Gasteiger partial charge in [-0.25, -0.2) is 9.59 Å². The van der Waals surface area contributed by atoms with E-state index in [0.717, 1.165) is 22.8 Å². The number of benzene rings is 1. The number of amides is 1. The maximum atomic E-state index is 11.2. The summed E-state index contributed by atoms with van der Waals surface area (Å²) in [6.07, 6.45) is 3.67. The van der Waals surface area contributed by atoms with Crippen LogP contribution in [-0.4, -0.2) is 29.9 Å². The van der Waals surface area contributed by atoms with E-state index in [-0.39, 0.29) is 17.8 Å². The van der Waals surface area contributed by atoms with E-state index in [4.69, 9.17) is 20.3 Å². The summed E-state index contributed by atoms with van der Waals surface area (Å²) in [4.78, 5) is 21.7. The molecular weight excluding hydrogens is 437 g/mol. The molecule has 0 aromatic heterocycles. The Morgan fingerprint density at radius 1 is 1.24 bits per heavy atom. The van der Waals surface area contributed by atoms with E-state index < -0.39 is 6.09 Å². The van der Waals surface area contributed by atoms with E-state index in [1.807, 2.05) is 26.8 Å². The zero-order valence-electron chi connectivity index (χ0n) is 14.8. The predicted molar refractivity (Wildman–Crippen MR) is 106 cm³/mol. The number of esters is 1. The Bertz CT molecular complexity index is 557. The summed E-state index contributed by atoms with van der Waals surface area (Å²) in [7, 11) is 0. The van der Waals surface area contributed by atoms with Gasteiger partial charge in [0.05, 0.1) is 12.2 Å². The standard InChI is InChI=1S/C10H12O3.C8H14INO2/c1-2-7-13-10(12)8-3-5-9(11)6-4-8;1-3-5-7(6(9)4-2)12-8(10)11/h3-6,11H,2,7H2,1H3;4,7H,3,5H2,1-2H3,(H2,10,11)/b;6-4+. The van der Waals surface area contributed by atoms with Gasteiger partial charge < -0.3 is 20.3 Å². The highest BCUT2D eigenvalue weighted by molar-refractivity contribution is 14.1. The fourth-order valence-electron chi connectivity index (χ4n) is 1.72. The highest BCUT2D eigenvalue weighted by atomic mass is 127. The van der Waals surface area contributed by atoms with Crippen molar-refractivity contribution in [3.05, 3.63) is 39.5 Å². The summed E-state index contributed by atoms with van der Waals surface area (Å²) < 4.78 is 10.8. The van der Waals surface area contributed by atoms with Gasteiger partial charge in [0.2, 0.25) is 0 Å².